The Balaban J connectivity index is 2.19. The van der Waals surface area contributed by atoms with Crippen molar-refractivity contribution >= 4 is 15.7 Å². The van der Waals surface area contributed by atoms with Crippen LogP contribution in [0.15, 0.2) is 24.3 Å². The van der Waals surface area contributed by atoms with Crippen LogP contribution in [0, 0.1) is 0 Å². The average molecular weight is 253 g/mol. The van der Waals surface area contributed by atoms with Crippen LogP contribution < -0.4 is 4.72 Å². The van der Waals surface area contributed by atoms with Gasteiger partial charge in [-0.25, -0.2) is 8.42 Å². The molecule has 90 valence electrons. The molecule has 0 saturated heterocycles. The maximum absolute atomic E-state index is 11.3. The van der Waals surface area contributed by atoms with Gasteiger partial charge in [0.05, 0.1) is 5.75 Å². The molecule has 0 spiro atoms. The normalized spacial score (nSPS) is 11.4. The number of nitrogens with zero attached hydrogens (tertiary/aromatic N) is 3. The predicted molar refractivity (Wildman–Crippen MR) is 62.7 cm³/mol. The molecule has 2 N–H and O–H groups in total. The van der Waals surface area contributed by atoms with E-state index in [1.165, 1.54) is 0 Å². The summed E-state index contributed by atoms with van der Waals surface area (Å²) < 4.78 is 25.1. The molecule has 0 amide bonds. The number of hydrogen-bond donors (Lipinski definition) is 2. The summed E-state index contributed by atoms with van der Waals surface area (Å²) in [6, 6.07) is 6.74. The molecule has 0 unspecified atom stereocenters. The Morgan fingerprint density at radius 3 is 2.53 bits per heavy atom. The van der Waals surface area contributed by atoms with Crippen LogP contribution >= 0.6 is 0 Å². The highest BCUT2D eigenvalue weighted by atomic mass is 32.2. The third-order valence-electron chi connectivity index (χ3n) is 2.14. The molecule has 0 atom stereocenters. The Hall–Kier alpha value is -1.96. The lowest BCUT2D eigenvalue weighted by atomic mass is 10.2. The number of H-pyrrole nitrogens is 1. The van der Waals surface area contributed by atoms with Crippen molar-refractivity contribution in [3.05, 3.63) is 24.3 Å². The first kappa shape index (κ1) is 11.5. The van der Waals surface area contributed by atoms with Crippen LogP contribution in [0.1, 0.15) is 6.92 Å². The van der Waals surface area contributed by atoms with Gasteiger partial charge in [0.2, 0.25) is 15.8 Å². The minimum absolute atomic E-state index is 0.0413. The molecule has 8 heteroatoms. The molecule has 1 aromatic carbocycles. The Bertz CT molecular complexity index is 576. The van der Waals surface area contributed by atoms with Crippen molar-refractivity contribution in [2.45, 2.75) is 6.92 Å². The number of nitrogens with one attached hydrogen (secondary N) is 2. The molecule has 0 aliphatic heterocycles. The monoisotopic (exact) mass is 253 g/mol. The number of tetrazole rings is 1. The maximum atomic E-state index is 11.3. The summed E-state index contributed by atoms with van der Waals surface area (Å²) in [5.74, 6) is 0.509. The van der Waals surface area contributed by atoms with E-state index in [-0.39, 0.29) is 5.75 Å². The number of aromatic amines is 1. The Morgan fingerprint density at radius 2 is 2.00 bits per heavy atom. The second-order valence-electron chi connectivity index (χ2n) is 3.32. The predicted octanol–water partition coefficient (Wildman–Crippen LogP) is 0.628. The van der Waals surface area contributed by atoms with Crippen molar-refractivity contribution in [2.75, 3.05) is 10.5 Å². The van der Waals surface area contributed by atoms with E-state index < -0.39 is 10.0 Å². The van der Waals surface area contributed by atoms with Crippen LogP contribution in [-0.2, 0) is 10.0 Å². The molecule has 7 nitrogen and oxygen atoms in total. The number of anilines is 1. The van der Waals surface area contributed by atoms with Gasteiger partial charge in [-0.2, -0.15) is 5.21 Å². The second kappa shape index (κ2) is 4.50. The van der Waals surface area contributed by atoms with Gasteiger partial charge in [0.25, 0.3) is 0 Å². The largest absolute Gasteiger partial charge is 0.284 e. The fourth-order valence-corrected chi connectivity index (χ4v) is 1.86. The summed E-state index contributed by atoms with van der Waals surface area (Å²) in [6.07, 6.45) is 0. The fraction of sp³-hybridized carbons (Fsp3) is 0.222. The van der Waals surface area contributed by atoms with E-state index in [9.17, 15) is 8.42 Å². The van der Waals surface area contributed by atoms with Gasteiger partial charge in [-0.3, -0.25) is 4.72 Å². The molecule has 17 heavy (non-hydrogen) atoms. The molecule has 2 aromatic rings. The van der Waals surface area contributed by atoms with E-state index in [2.05, 4.69) is 25.3 Å². The van der Waals surface area contributed by atoms with Crippen LogP contribution in [0.25, 0.3) is 11.4 Å². The third kappa shape index (κ3) is 2.78. The molecule has 0 aliphatic carbocycles. The minimum Gasteiger partial charge on any atom is -0.284 e. The van der Waals surface area contributed by atoms with Gasteiger partial charge >= 0.3 is 0 Å². The third-order valence-corrected chi connectivity index (χ3v) is 3.45. The van der Waals surface area contributed by atoms with Crippen molar-refractivity contribution < 1.29 is 8.42 Å². The Morgan fingerprint density at radius 1 is 1.29 bits per heavy atom. The zero-order valence-electron chi connectivity index (χ0n) is 9.08. The summed E-state index contributed by atoms with van der Waals surface area (Å²) in [7, 11) is -3.24. The van der Waals surface area contributed by atoms with Crippen molar-refractivity contribution in [1.29, 1.82) is 0 Å². The first-order chi connectivity index (χ1) is 8.11. The first-order valence-electron chi connectivity index (χ1n) is 4.95. The molecule has 0 fully saturated rings. The summed E-state index contributed by atoms with van der Waals surface area (Å²) >= 11 is 0. The number of hydrogen-bond acceptors (Lipinski definition) is 5. The van der Waals surface area contributed by atoms with Crippen molar-refractivity contribution in [3.63, 3.8) is 0 Å². The standard InChI is InChI=1S/C9H11N5O2S/c1-2-17(15,16)12-8-5-3-7(4-6-8)9-10-13-14-11-9/h3-6,12H,2H2,1H3,(H,10,11,13,14). The van der Waals surface area contributed by atoms with Gasteiger partial charge in [0, 0.05) is 11.3 Å². The van der Waals surface area contributed by atoms with Crippen molar-refractivity contribution in [3.8, 4) is 11.4 Å². The lowest BCUT2D eigenvalue weighted by molar-refractivity contribution is 0.602. The maximum Gasteiger partial charge on any atom is 0.232 e. The van der Waals surface area contributed by atoms with Crippen LogP contribution in [0.4, 0.5) is 5.69 Å². The van der Waals surface area contributed by atoms with Gasteiger partial charge in [-0.15, -0.1) is 10.2 Å². The zero-order valence-corrected chi connectivity index (χ0v) is 9.90. The van der Waals surface area contributed by atoms with Gasteiger partial charge in [0.15, 0.2) is 0 Å². The van der Waals surface area contributed by atoms with Gasteiger partial charge in [0.1, 0.15) is 0 Å². The molecule has 0 bridgehead atoms. The lowest BCUT2D eigenvalue weighted by Gasteiger charge is -2.05. The van der Waals surface area contributed by atoms with Crippen LogP contribution in [-0.4, -0.2) is 34.8 Å². The summed E-state index contributed by atoms with van der Waals surface area (Å²) in [5, 5.41) is 13.4. The van der Waals surface area contributed by atoms with E-state index in [0.29, 0.717) is 11.5 Å². The van der Waals surface area contributed by atoms with Crippen LogP contribution in [0.2, 0.25) is 0 Å². The molecule has 1 aromatic heterocycles. The molecular weight excluding hydrogens is 242 g/mol. The molecule has 0 aliphatic rings. The molecule has 0 saturated carbocycles. The Labute approximate surface area is 98.3 Å². The van der Waals surface area contributed by atoms with Crippen molar-refractivity contribution in [1.82, 2.24) is 20.6 Å². The minimum atomic E-state index is -3.24. The smallest absolute Gasteiger partial charge is 0.232 e. The number of benzene rings is 1. The summed E-state index contributed by atoms with van der Waals surface area (Å²) in [6.45, 7) is 1.58. The highest BCUT2D eigenvalue weighted by molar-refractivity contribution is 7.92. The van der Waals surface area contributed by atoms with Crippen LogP contribution in [0.3, 0.4) is 0 Å². The van der Waals surface area contributed by atoms with E-state index >= 15 is 0 Å². The summed E-state index contributed by atoms with van der Waals surface area (Å²) in [4.78, 5) is 0. The van der Waals surface area contributed by atoms with E-state index in [1.54, 1.807) is 31.2 Å². The van der Waals surface area contributed by atoms with Crippen LogP contribution in [0.5, 0.6) is 0 Å². The Kier molecular flexibility index (Phi) is 3.05. The van der Waals surface area contributed by atoms with Gasteiger partial charge in [-0.1, -0.05) is 0 Å². The van der Waals surface area contributed by atoms with Crippen molar-refractivity contribution in [2.24, 2.45) is 0 Å². The van der Waals surface area contributed by atoms with E-state index in [4.69, 9.17) is 0 Å². The highest BCUT2D eigenvalue weighted by Crippen LogP contribution is 2.17. The topological polar surface area (TPSA) is 101 Å². The number of rotatable bonds is 4. The SMILES string of the molecule is CCS(=O)(=O)Nc1ccc(-c2nn[nH]n2)cc1. The number of aromatic nitrogens is 4. The van der Waals surface area contributed by atoms with Gasteiger partial charge in [-0.05, 0) is 36.4 Å². The quantitative estimate of drug-likeness (QED) is 0.832. The molecule has 2 rings (SSSR count). The lowest BCUT2D eigenvalue weighted by Crippen LogP contribution is -2.14. The highest BCUT2D eigenvalue weighted by Gasteiger charge is 2.07. The second-order valence-corrected chi connectivity index (χ2v) is 5.33. The fourth-order valence-electron chi connectivity index (χ4n) is 1.22. The first-order valence-corrected chi connectivity index (χ1v) is 6.60. The molecular formula is C9H11N5O2S. The molecule has 0 radical (unpaired) electrons. The summed E-state index contributed by atoms with van der Waals surface area (Å²) in [5.41, 5.74) is 1.28. The molecule has 1 heterocycles. The zero-order chi connectivity index (χ0) is 12.3. The number of sulfonamides is 1. The van der Waals surface area contributed by atoms with E-state index in [1.807, 2.05) is 0 Å². The van der Waals surface area contributed by atoms with Gasteiger partial charge < -0.3 is 0 Å². The average Bonchev–Trinajstić information content (AvgIpc) is 2.83. The van der Waals surface area contributed by atoms with E-state index in [0.717, 1.165) is 5.56 Å².